The van der Waals surface area contributed by atoms with E-state index in [0.717, 1.165) is 18.5 Å². The summed E-state index contributed by atoms with van der Waals surface area (Å²) in [6.45, 7) is 11.7. The first kappa shape index (κ1) is 15.3. The Morgan fingerprint density at radius 2 is 1.68 bits per heavy atom. The minimum absolute atomic E-state index is 0.645. The fourth-order valence-electron chi connectivity index (χ4n) is 3.74. The van der Waals surface area contributed by atoms with Crippen LogP contribution in [0.4, 0.5) is 0 Å². The van der Waals surface area contributed by atoms with Gasteiger partial charge in [0.25, 0.3) is 0 Å². The summed E-state index contributed by atoms with van der Waals surface area (Å²) in [5.74, 6) is 1.66. The molecule has 3 nitrogen and oxygen atoms in total. The largest absolute Gasteiger partial charge is 0.330 e. The second kappa shape index (κ2) is 7.61. The fourth-order valence-corrected chi connectivity index (χ4v) is 3.74. The van der Waals surface area contributed by atoms with Crippen LogP contribution in [0.2, 0.25) is 0 Å². The van der Waals surface area contributed by atoms with Gasteiger partial charge in [0.1, 0.15) is 0 Å². The van der Waals surface area contributed by atoms with E-state index < -0.39 is 0 Å². The summed E-state index contributed by atoms with van der Waals surface area (Å²) < 4.78 is 0. The average Bonchev–Trinajstić information content (AvgIpc) is 2.48. The second-order valence-electron chi connectivity index (χ2n) is 6.76. The zero-order chi connectivity index (χ0) is 13.7. The van der Waals surface area contributed by atoms with Gasteiger partial charge in [0.2, 0.25) is 0 Å². The number of hydrogen-bond acceptors (Lipinski definition) is 3. The van der Waals surface area contributed by atoms with Crippen LogP contribution >= 0.6 is 0 Å². The van der Waals surface area contributed by atoms with Crippen molar-refractivity contribution in [1.29, 1.82) is 0 Å². The molecule has 0 spiro atoms. The minimum Gasteiger partial charge on any atom is -0.330 e. The van der Waals surface area contributed by atoms with Crippen LogP contribution < -0.4 is 5.73 Å². The smallest absolute Gasteiger partial charge is 0.0113 e. The Balaban J connectivity index is 1.69. The molecule has 1 saturated carbocycles. The van der Waals surface area contributed by atoms with Crippen molar-refractivity contribution in [2.24, 2.45) is 17.6 Å². The van der Waals surface area contributed by atoms with Gasteiger partial charge >= 0.3 is 0 Å². The lowest BCUT2D eigenvalue weighted by Crippen LogP contribution is -2.52. The van der Waals surface area contributed by atoms with Crippen molar-refractivity contribution in [3.63, 3.8) is 0 Å². The first-order valence-corrected chi connectivity index (χ1v) is 8.39. The van der Waals surface area contributed by atoms with Gasteiger partial charge in [-0.3, -0.25) is 4.90 Å². The molecule has 1 atom stereocenters. The summed E-state index contributed by atoms with van der Waals surface area (Å²) in [5.41, 5.74) is 5.72. The highest BCUT2D eigenvalue weighted by Crippen LogP contribution is 2.29. The summed E-state index contributed by atoms with van der Waals surface area (Å²) in [5, 5.41) is 0. The van der Waals surface area contributed by atoms with E-state index in [4.69, 9.17) is 5.73 Å². The fraction of sp³-hybridized carbons (Fsp3) is 1.00. The van der Waals surface area contributed by atoms with E-state index in [9.17, 15) is 0 Å². The third-order valence-electron chi connectivity index (χ3n) is 5.29. The molecule has 1 unspecified atom stereocenters. The Bertz CT molecular complexity index is 240. The van der Waals surface area contributed by atoms with E-state index in [1.165, 1.54) is 64.8 Å². The van der Waals surface area contributed by atoms with Crippen LogP contribution in [0.1, 0.15) is 46.0 Å². The Hall–Kier alpha value is -0.120. The lowest BCUT2D eigenvalue weighted by Gasteiger charge is -2.42. The third-order valence-corrected chi connectivity index (χ3v) is 5.29. The molecule has 1 heterocycles. The first-order valence-electron chi connectivity index (χ1n) is 8.39. The normalized spacial score (nSPS) is 32.4. The van der Waals surface area contributed by atoms with Gasteiger partial charge in [-0.1, -0.05) is 20.3 Å². The predicted octanol–water partition coefficient (Wildman–Crippen LogP) is 2.17. The van der Waals surface area contributed by atoms with E-state index in [1.54, 1.807) is 0 Å². The van der Waals surface area contributed by atoms with Crippen molar-refractivity contribution in [1.82, 2.24) is 9.80 Å². The van der Waals surface area contributed by atoms with Crippen LogP contribution in [-0.2, 0) is 0 Å². The molecule has 0 radical (unpaired) electrons. The van der Waals surface area contributed by atoms with Crippen LogP contribution in [0.3, 0.4) is 0 Å². The van der Waals surface area contributed by atoms with E-state index in [0.29, 0.717) is 5.92 Å². The van der Waals surface area contributed by atoms with Gasteiger partial charge in [-0.2, -0.15) is 0 Å². The number of nitrogens with two attached hydrogens (primary N) is 1. The topological polar surface area (TPSA) is 32.5 Å². The standard InChI is InChI=1S/C16H33N3/c1-3-15-4-6-16(7-5-15)19-10-8-18(9-11-19)13-14(2)12-17/h14-16H,3-13,17H2,1-2H3. The maximum Gasteiger partial charge on any atom is 0.0113 e. The number of nitrogens with zero attached hydrogens (tertiary/aromatic N) is 2. The molecule has 19 heavy (non-hydrogen) atoms. The molecule has 0 aromatic heterocycles. The molecule has 0 amide bonds. The molecule has 2 aliphatic rings. The number of piperazine rings is 1. The van der Waals surface area contributed by atoms with Gasteiger partial charge < -0.3 is 10.6 Å². The van der Waals surface area contributed by atoms with E-state index in [2.05, 4.69) is 23.6 Å². The van der Waals surface area contributed by atoms with E-state index >= 15 is 0 Å². The number of hydrogen-bond donors (Lipinski definition) is 1. The van der Waals surface area contributed by atoms with Gasteiger partial charge in [-0.25, -0.2) is 0 Å². The van der Waals surface area contributed by atoms with Crippen LogP contribution in [0.15, 0.2) is 0 Å². The Kier molecular flexibility index (Phi) is 6.11. The Morgan fingerprint density at radius 3 is 2.21 bits per heavy atom. The van der Waals surface area contributed by atoms with Crippen LogP contribution in [0.5, 0.6) is 0 Å². The molecule has 2 N–H and O–H groups in total. The minimum atomic E-state index is 0.645. The summed E-state index contributed by atoms with van der Waals surface area (Å²) >= 11 is 0. The van der Waals surface area contributed by atoms with Crippen molar-refractivity contribution in [3.8, 4) is 0 Å². The van der Waals surface area contributed by atoms with Gasteiger partial charge in [-0.05, 0) is 44.1 Å². The number of rotatable bonds is 5. The van der Waals surface area contributed by atoms with E-state index in [1.807, 2.05) is 0 Å². The van der Waals surface area contributed by atoms with Gasteiger partial charge in [0.05, 0.1) is 0 Å². The molecule has 0 bridgehead atoms. The lowest BCUT2D eigenvalue weighted by molar-refractivity contribution is 0.0648. The average molecular weight is 267 g/mol. The monoisotopic (exact) mass is 267 g/mol. The zero-order valence-corrected chi connectivity index (χ0v) is 13.0. The van der Waals surface area contributed by atoms with E-state index in [-0.39, 0.29) is 0 Å². The molecular weight excluding hydrogens is 234 g/mol. The molecule has 0 aromatic carbocycles. The maximum atomic E-state index is 5.72. The molecule has 2 rings (SSSR count). The van der Waals surface area contributed by atoms with Crippen molar-refractivity contribution >= 4 is 0 Å². The van der Waals surface area contributed by atoms with Crippen LogP contribution in [0, 0.1) is 11.8 Å². The highest BCUT2D eigenvalue weighted by Gasteiger charge is 2.27. The SMILES string of the molecule is CCC1CCC(N2CCN(CC(C)CN)CC2)CC1. The summed E-state index contributed by atoms with van der Waals surface area (Å²) in [7, 11) is 0. The predicted molar refractivity (Wildman–Crippen MR) is 82.3 cm³/mol. The maximum absolute atomic E-state index is 5.72. The van der Waals surface area contributed by atoms with Crippen molar-refractivity contribution in [2.45, 2.75) is 52.0 Å². The Morgan fingerprint density at radius 1 is 1.05 bits per heavy atom. The molecule has 2 fully saturated rings. The third kappa shape index (κ3) is 4.44. The quantitative estimate of drug-likeness (QED) is 0.828. The molecule has 1 aliphatic carbocycles. The Labute approximate surface area is 119 Å². The van der Waals surface area contributed by atoms with Crippen molar-refractivity contribution < 1.29 is 0 Å². The first-order chi connectivity index (χ1) is 9.22. The summed E-state index contributed by atoms with van der Waals surface area (Å²) in [6, 6.07) is 0.886. The van der Waals surface area contributed by atoms with Crippen molar-refractivity contribution in [2.75, 3.05) is 39.3 Å². The zero-order valence-electron chi connectivity index (χ0n) is 13.0. The molecule has 1 saturated heterocycles. The van der Waals surface area contributed by atoms with Crippen LogP contribution in [-0.4, -0.2) is 55.1 Å². The molecular formula is C16H33N3. The van der Waals surface area contributed by atoms with Crippen LogP contribution in [0.25, 0.3) is 0 Å². The summed E-state index contributed by atoms with van der Waals surface area (Å²) in [6.07, 6.45) is 7.20. The van der Waals surface area contributed by atoms with Crippen molar-refractivity contribution in [3.05, 3.63) is 0 Å². The lowest BCUT2D eigenvalue weighted by atomic mass is 9.84. The highest BCUT2D eigenvalue weighted by atomic mass is 15.3. The van der Waals surface area contributed by atoms with Gasteiger partial charge in [-0.15, -0.1) is 0 Å². The van der Waals surface area contributed by atoms with Gasteiger partial charge in [0.15, 0.2) is 0 Å². The summed E-state index contributed by atoms with van der Waals surface area (Å²) in [4.78, 5) is 5.36. The molecule has 3 heteroatoms. The van der Waals surface area contributed by atoms with Gasteiger partial charge in [0, 0.05) is 38.8 Å². The highest BCUT2D eigenvalue weighted by molar-refractivity contribution is 4.83. The molecule has 112 valence electrons. The molecule has 0 aromatic rings. The second-order valence-corrected chi connectivity index (χ2v) is 6.76. The molecule has 1 aliphatic heterocycles.